The molecule has 1 aliphatic heterocycles. The molecule has 0 spiro atoms. The summed E-state index contributed by atoms with van der Waals surface area (Å²) in [6.45, 7) is 0.761. The first-order valence-electron chi connectivity index (χ1n) is 12.2. The zero-order valence-electron chi connectivity index (χ0n) is 21.0. The number of rotatable bonds is 9. The summed E-state index contributed by atoms with van der Waals surface area (Å²) in [5, 5.41) is 12.9. The van der Waals surface area contributed by atoms with Crippen molar-refractivity contribution in [1.82, 2.24) is 20.0 Å². The highest BCUT2D eigenvalue weighted by Gasteiger charge is 2.33. The van der Waals surface area contributed by atoms with Crippen LogP contribution in [0.5, 0.6) is 5.75 Å². The summed E-state index contributed by atoms with van der Waals surface area (Å²) in [7, 11) is 0. The molecular formula is C26H25F5N6O3. The SMILES string of the molecule is O=C(CN1CCN(CC(F)F)CC1)Nc1cc(C(=O)Nc2ccc(-c3ccccc3)nn2)ccc1OC(F)(F)F. The molecule has 0 atom stereocenters. The molecule has 3 aromatic rings. The van der Waals surface area contributed by atoms with Crippen molar-refractivity contribution in [2.24, 2.45) is 0 Å². The van der Waals surface area contributed by atoms with Crippen LogP contribution in [0.1, 0.15) is 10.4 Å². The molecule has 0 aliphatic carbocycles. The maximum Gasteiger partial charge on any atom is 0.573 e. The summed E-state index contributed by atoms with van der Waals surface area (Å²) >= 11 is 0. The van der Waals surface area contributed by atoms with E-state index in [0.717, 1.165) is 23.8 Å². The zero-order chi connectivity index (χ0) is 28.7. The van der Waals surface area contributed by atoms with E-state index in [4.69, 9.17) is 0 Å². The molecule has 212 valence electrons. The number of carbonyl (C=O) groups excluding carboxylic acids is 2. The Labute approximate surface area is 225 Å². The Morgan fingerprint density at radius 2 is 1.60 bits per heavy atom. The number of ether oxygens (including phenoxy) is 1. The largest absolute Gasteiger partial charge is 0.573 e. The number of hydrogen-bond donors (Lipinski definition) is 2. The Balaban J connectivity index is 1.42. The number of anilines is 2. The fourth-order valence-corrected chi connectivity index (χ4v) is 4.05. The molecule has 2 heterocycles. The first kappa shape index (κ1) is 28.8. The van der Waals surface area contributed by atoms with Gasteiger partial charge in [-0.25, -0.2) is 8.78 Å². The van der Waals surface area contributed by atoms with Gasteiger partial charge in [-0.1, -0.05) is 30.3 Å². The number of amides is 2. The van der Waals surface area contributed by atoms with E-state index in [1.54, 1.807) is 15.9 Å². The van der Waals surface area contributed by atoms with E-state index in [0.29, 0.717) is 31.9 Å². The minimum absolute atomic E-state index is 0.0700. The van der Waals surface area contributed by atoms with E-state index < -0.39 is 30.4 Å². The van der Waals surface area contributed by atoms with Crippen molar-refractivity contribution in [3.05, 3.63) is 66.2 Å². The number of alkyl halides is 5. The summed E-state index contributed by atoms with van der Waals surface area (Å²) in [5.41, 5.74) is 0.965. The highest BCUT2D eigenvalue weighted by Crippen LogP contribution is 2.31. The second-order valence-electron chi connectivity index (χ2n) is 8.90. The molecule has 2 N–H and O–H groups in total. The van der Waals surface area contributed by atoms with Crippen LogP contribution in [0.3, 0.4) is 0 Å². The van der Waals surface area contributed by atoms with E-state index in [1.807, 2.05) is 30.3 Å². The second-order valence-corrected chi connectivity index (χ2v) is 8.90. The highest BCUT2D eigenvalue weighted by molar-refractivity contribution is 6.05. The predicted octanol–water partition coefficient (Wildman–Crippen LogP) is 4.12. The number of benzene rings is 2. The van der Waals surface area contributed by atoms with Crippen molar-refractivity contribution in [2.45, 2.75) is 12.8 Å². The Morgan fingerprint density at radius 3 is 2.23 bits per heavy atom. The predicted molar refractivity (Wildman–Crippen MR) is 136 cm³/mol. The van der Waals surface area contributed by atoms with Gasteiger partial charge in [-0.05, 0) is 30.3 Å². The number of carbonyl (C=O) groups is 2. The standard InChI is InChI=1S/C26H25F5N6O3/c27-22(28)15-36-10-12-37(13-11-36)16-24(38)32-20-14-18(6-8-21(20)40-26(29,30)31)25(39)33-23-9-7-19(34-35-23)17-4-2-1-3-5-17/h1-9,14,22H,10-13,15-16H2,(H,32,38)(H,33,35,39). The first-order valence-corrected chi connectivity index (χ1v) is 12.2. The molecular weight excluding hydrogens is 539 g/mol. The van der Waals surface area contributed by atoms with Crippen LogP contribution in [0.2, 0.25) is 0 Å². The molecule has 1 aromatic heterocycles. The van der Waals surface area contributed by atoms with Crippen LogP contribution in [-0.4, -0.2) is 83.9 Å². The first-order chi connectivity index (χ1) is 19.1. The van der Waals surface area contributed by atoms with Crippen molar-refractivity contribution in [3.8, 4) is 17.0 Å². The van der Waals surface area contributed by atoms with Crippen LogP contribution in [0.25, 0.3) is 11.3 Å². The molecule has 2 aromatic carbocycles. The molecule has 40 heavy (non-hydrogen) atoms. The van der Waals surface area contributed by atoms with Gasteiger partial charge in [-0.15, -0.1) is 23.4 Å². The lowest BCUT2D eigenvalue weighted by molar-refractivity contribution is -0.274. The van der Waals surface area contributed by atoms with Gasteiger partial charge in [-0.2, -0.15) is 0 Å². The summed E-state index contributed by atoms with van der Waals surface area (Å²) < 4.78 is 68.1. The van der Waals surface area contributed by atoms with Crippen molar-refractivity contribution in [2.75, 3.05) is 49.9 Å². The molecule has 1 aliphatic rings. The number of nitrogens with one attached hydrogen (secondary N) is 2. The van der Waals surface area contributed by atoms with Gasteiger partial charge < -0.3 is 15.4 Å². The van der Waals surface area contributed by atoms with Crippen LogP contribution in [0.4, 0.5) is 33.5 Å². The fraction of sp³-hybridized carbons (Fsp3) is 0.308. The molecule has 0 unspecified atom stereocenters. The number of aromatic nitrogens is 2. The van der Waals surface area contributed by atoms with Gasteiger partial charge in [0, 0.05) is 37.3 Å². The van der Waals surface area contributed by atoms with Gasteiger partial charge >= 0.3 is 6.36 Å². The number of piperazine rings is 1. The highest BCUT2D eigenvalue weighted by atomic mass is 19.4. The smallest absolute Gasteiger partial charge is 0.404 e. The lowest BCUT2D eigenvalue weighted by atomic mass is 10.1. The van der Waals surface area contributed by atoms with E-state index in [1.165, 1.54) is 6.07 Å². The summed E-state index contributed by atoms with van der Waals surface area (Å²) in [6, 6.07) is 15.5. The van der Waals surface area contributed by atoms with Gasteiger partial charge in [0.25, 0.3) is 12.3 Å². The molecule has 1 saturated heterocycles. The third-order valence-corrected chi connectivity index (χ3v) is 5.95. The number of nitrogens with zero attached hydrogens (tertiary/aromatic N) is 4. The summed E-state index contributed by atoms with van der Waals surface area (Å²) in [5.74, 6) is -1.96. The second kappa shape index (κ2) is 12.8. The fourth-order valence-electron chi connectivity index (χ4n) is 4.05. The average molecular weight is 565 g/mol. The van der Waals surface area contributed by atoms with Crippen molar-refractivity contribution in [1.29, 1.82) is 0 Å². The van der Waals surface area contributed by atoms with Gasteiger partial charge in [0.2, 0.25) is 5.91 Å². The van der Waals surface area contributed by atoms with Crippen LogP contribution in [0.15, 0.2) is 60.7 Å². The van der Waals surface area contributed by atoms with Crippen LogP contribution < -0.4 is 15.4 Å². The maximum absolute atomic E-state index is 13.0. The van der Waals surface area contributed by atoms with Crippen molar-refractivity contribution in [3.63, 3.8) is 0 Å². The topological polar surface area (TPSA) is 99.7 Å². The van der Waals surface area contributed by atoms with E-state index in [-0.39, 0.29) is 30.2 Å². The van der Waals surface area contributed by atoms with Gasteiger partial charge in [-0.3, -0.25) is 19.4 Å². The Hall–Kier alpha value is -4.17. The van der Waals surface area contributed by atoms with Gasteiger partial charge in [0.15, 0.2) is 11.6 Å². The van der Waals surface area contributed by atoms with Crippen LogP contribution in [-0.2, 0) is 4.79 Å². The Kier molecular flexibility index (Phi) is 9.22. The van der Waals surface area contributed by atoms with Crippen molar-refractivity contribution >= 4 is 23.3 Å². The maximum atomic E-state index is 13.0. The molecule has 1 fully saturated rings. The monoisotopic (exact) mass is 564 g/mol. The molecule has 0 radical (unpaired) electrons. The van der Waals surface area contributed by atoms with Crippen molar-refractivity contribution < 1.29 is 36.3 Å². The Morgan fingerprint density at radius 1 is 0.900 bits per heavy atom. The summed E-state index contributed by atoms with van der Waals surface area (Å²) in [6.07, 6.45) is -7.51. The molecule has 4 rings (SSSR count). The zero-order valence-corrected chi connectivity index (χ0v) is 21.0. The van der Waals surface area contributed by atoms with E-state index in [9.17, 15) is 31.5 Å². The lowest BCUT2D eigenvalue weighted by Crippen LogP contribution is -2.49. The van der Waals surface area contributed by atoms with E-state index >= 15 is 0 Å². The normalized spacial score (nSPS) is 14.7. The molecule has 9 nitrogen and oxygen atoms in total. The molecule has 2 amide bonds. The lowest BCUT2D eigenvalue weighted by Gasteiger charge is -2.34. The molecule has 0 saturated carbocycles. The third kappa shape index (κ3) is 8.41. The van der Waals surface area contributed by atoms with Crippen LogP contribution in [0, 0.1) is 0 Å². The minimum atomic E-state index is -5.04. The van der Waals surface area contributed by atoms with E-state index in [2.05, 4.69) is 25.6 Å². The van der Waals surface area contributed by atoms with Gasteiger partial charge in [0.05, 0.1) is 24.5 Å². The summed E-state index contributed by atoms with van der Waals surface area (Å²) in [4.78, 5) is 28.7. The number of halogens is 5. The number of hydrogen-bond acceptors (Lipinski definition) is 7. The quantitative estimate of drug-likeness (QED) is 0.378. The van der Waals surface area contributed by atoms with Crippen LogP contribution >= 0.6 is 0 Å². The average Bonchev–Trinajstić information content (AvgIpc) is 2.90. The molecule has 14 heteroatoms. The van der Waals surface area contributed by atoms with Gasteiger partial charge in [0.1, 0.15) is 0 Å². The minimum Gasteiger partial charge on any atom is -0.404 e. The molecule has 0 bridgehead atoms. The third-order valence-electron chi connectivity index (χ3n) is 5.95. The Bertz CT molecular complexity index is 1300.